The summed E-state index contributed by atoms with van der Waals surface area (Å²) in [7, 11) is 0. The largest absolute Gasteiger partial charge is 0.460 e. The van der Waals surface area contributed by atoms with Crippen molar-refractivity contribution in [2.24, 2.45) is 0 Å². The highest BCUT2D eigenvalue weighted by Gasteiger charge is 2.17. The van der Waals surface area contributed by atoms with E-state index in [0.717, 1.165) is 5.56 Å². The Bertz CT molecular complexity index is 399. The summed E-state index contributed by atoms with van der Waals surface area (Å²) in [5.41, 5.74) is 1.06. The van der Waals surface area contributed by atoms with E-state index in [9.17, 15) is 9.59 Å². The summed E-state index contributed by atoms with van der Waals surface area (Å²) in [5.74, 6) is -1.48. The predicted molar refractivity (Wildman–Crippen MR) is 57.2 cm³/mol. The second-order valence-corrected chi connectivity index (χ2v) is 3.42. The molecule has 0 fully saturated rings. The number of hydrogen-bond donors (Lipinski definition) is 0. The molecule has 0 radical (unpaired) electrons. The first-order valence-corrected chi connectivity index (χ1v) is 4.91. The molecule has 0 heterocycles. The van der Waals surface area contributed by atoms with Gasteiger partial charge in [0.2, 0.25) is 0 Å². The second kappa shape index (κ2) is 4.94. The maximum absolute atomic E-state index is 11.5. The molecule has 0 N–H and O–H groups in total. The zero-order valence-corrected chi connectivity index (χ0v) is 9.30. The molecule has 1 aromatic carbocycles. The van der Waals surface area contributed by atoms with Gasteiger partial charge in [-0.3, -0.25) is 4.79 Å². The van der Waals surface area contributed by atoms with Gasteiger partial charge in [0.15, 0.2) is 0 Å². The van der Waals surface area contributed by atoms with Crippen molar-refractivity contribution in [3.05, 3.63) is 34.3 Å². The number of rotatable bonds is 3. The van der Waals surface area contributed by atoms with Gasteiger partial charge in [-0.25, -0.2) is 4.79 Å². The molecule has 0 saturated carbocycles. The number of hydrogen-bond acceptors (Lipinski definition) is 3. The topological polar surface area (TPSA) is 43.4 Å². The molecule has 0 atom stereocenters. The summed E-state index contributed by atoms with van der Waals surface area (Å²) in [6, 6.07) is 4.67. The minimum atomic E-state index is -0.834. The van der Waals surface area contributed by atoms with Crippen LogP contribution in [0.1, 0.15) is 22.8 Å². The van der Waals surface area contributed by atoms with E-state index in [-0.39, 0.29) is 6.61 Å². The van der Waals surface area contributed by atoms with Gasteiger partial charge in [0.1, 0.15) is 0 Å². The Balaban J connectivity index is 2.92. The smallest absolute Gasteiger partial charge is 0.379 e. The third-order valence-corrected chi connectivity index (χ3v) is 2.31. The van der Waals surface area contributed by atoms with Gasteiger partial charge in [-0.05, 0) is 37.6 Å². The lowest BCUT2D eigenvalue weighted by Gasteiger charge is -2.03. The molecule has 3 nitrogen and oxygen atoms in total. The van der Waals surface area contributed by atoms with E-state index in [1.54, 1.807) is 26.0 Å². The summed E-state index contributed by atoms with van der Waals surface area (Å²) in [6.45, 7) is 3.61. The zero-order chi connectivity index (χ0) is 11.4. The first-order chi connectivity index (χ1) is 7.06. The number of esters is 1. The van der Waals surface area contributed by atoms with Crippen molar-refractivity contribution in [1.82, 2.24) is 0 Å². The molecule has 0 saturated heterocycles. The van der Waals surface area contributed by atoms with Gasteiger partial charge >= 0.3 is 5.97 Å². The first-order valence-electron chi connectivity index (χ1n) is 4.54. The number of halogens is 1. The van der Waals surface area contributed by atoms with Crippen LogP contribution in [0, 0.1) is 6.92 Å². The van der Waals surface area contributed by atoms with Crippen LogP contribution in [0.25, 0.3) is 0 Å². The molecule has 4 heteroatoms. The summed E-state index contributed by atoms with van der Waals surface area (Å²) in [5, 5.41) is 0.565. The number of carbonyl (C=O) groups is 2. The maximum Gasteiger partial charge on any atom is 0.379 e. The Kier molecular flexibility index (Phi) is 3.86. The van der Waals surface area contributed by atoms with Crippen LogP contribution >= 0.6 is 11.6 Å². The molecule has 0 aliphatic rings. The highest BCUT2D eigenvalue weighted by atomic mass is 35.5. The summed E-state index contributed by atoms with van der Waals surface area (Å²) >= 11 is 5.80. The second-order valence-electron chi connectivity index (χ2n) is 3.01. The van der Waals surface area contributed by atoms with Gasteiger partial charge in [0.25, 0.3) is 5.78 Å². The highest BCUT2D eigenvalue weighted by molar-refractivity contribution is 6.41. The van der Waals surface area contributed by atoms with Crippen molar-refractivity contribution < 1.29 is 14.3 Å². The molecule has 1 rings (SSSR count). The van der Waals surface area contributed by atoms with Gasteiger partial charge in [0.05, 0.1) is 6.61 Å². The summed E-state index contributed by atoms with van der Waals surface area (Å²) in [4.78, 5) is 22.6. The molecular weight excluding hydrogens is 216 g/mol. The summed E-state index contributed by atoms with van der Waals surface area (Å²) in [6.07, 6.45) is 0. The zero-order valence-electron chi connectivity index (χ0n) is 8.54. The number of ether oxygens (including phenoxy) is 1. The molecule has 0 unspecified atom stereocenters. The average molecular weight is 227 g/mol. The van der Waals surface area contributed by atoms with Gasteiger partial charge < -0.3 is 4.74 Å². The highest BCUT2D eigenvalue weighted by Crippen LogP contribution is 2.16. The molecule has 15 heavy (non-hydrogen) atoms. The van der Waals surface area contributed by atoms with E-state index in [1.807, 2.05) is 0 Å². The third-order valence-electron chi connectivity index (χ3n) is 1.88. The van der Waals surface area contributed by atoms with Gasteiger partial charge in [-0.1, -0.05) is 11.6 Å². The number of Topliss-reactive ketones (excluding diaryl/α,β-unsaturated/α-hetero) is 1. The van der Waals surface area contributed by atoms with E-state index in [1.165, 1.54) is 6.07 Å². The lowest BCUT2D eigenvalue weighted by Crippen LogP contribution is -2.17. The van der Waals surface area contributed by atoms with Crippen LogP contribution < -0.4 is 0 Å². The van der Waals surface area contributed by atoms with Crippen LogP contribution in [0.15, 0.2) is 18.2 Å². The minimum Gasteiger partial charge on any atom is -0.460 e. The lowest BCUT2D eigenvalue weighted by atomic mass is 10.1. The standard InChI is InChI=1S/C11H11ClO3/c1-3-15-11(14)10(13)8-4-5-9(12)7(2)6-8/h4-6H,3H2,1-2H3. The Morgan fingerprint density at radius 3 is 2.60 bits per heavy atom. The molecule has 0 aliphatic carbocycles. The Morgan fingerprint density at radius 1 is 1.40 bits per heavy atom. The monoisotopic (exact) mass is 226 g/mol. The van der Waals surface area contributed by atoms with Crippen LogP contribution in [0.4, 0.5) is 0 Å². The van der Waals surface area contributed by atoms with Crippen molar-refractivity contribution in [2.75, 3.05) is 6.61 Å². The SMILES string of the molecule is CCOC(=O)C(=O)c1ccc(Cl)c(C)c1. The number of aryl methyl sites for hydroxylation is 1. The normalized spacial score (nSPS) is 9.80. The molecular formula is C11H11ClO3. The average Bonchev–Trinajstić information content (AvgIpc) is 2.21. The quantitative estimate of drug-likeness (QED) is 0.452. The molecule has 0 aromatic heterocycles. The van der Waals surface area contributed by atoms with Crippen LogP contribution in [-0.2, 0) is 9.53 Å². The molecule has 0 aliphatic heterocycles. The van der Waals surface area contributed by atoms with E-state index in [2.05, 4.69) is 4.74 Å². The Hall–Kier alpha value is -1.35. The van der Waals surface area contributed by atoms with Crippen LogP contribution in [0.5, 0.6) is 0 Å². The van der Waals surface area contributed by atoms with E-state index >= 15 is 0 Å². The fourth-order valence-electron chi connectivity index (χ4n) is 1.10. The van der Waals surface area contributed by atoms with Crippen LogP contribution in [-0.4, -0.2) is 18.4 Å². The van der Waals surface area contributed by atoms with Crippen LogP contribution in [0.3, 0.4) is 0 Å². The molecule has 80 valence electrons. The predicted octanol–water partition coefficient (Wildman–Crippen LogP) is 2.39. The third kappa shape index (κ3) is 2.80. The molecule has 0 amide bonds. The number of ketones is 1. The Labute approximate surface area is 93.0 Å². The minimum absolute atomic E-state index is 0.192. The van der Waals surface area contributed by atoms with E-state index < -0.39 is 11.8 Å². The number of benzene rings is 1. The van der Waals surface area contributed by atoms with Gasteiger partial charge in [-0.2, -0.15) is 0 Å². The summed E-state index contributed by atoms with van der Waals surface area (Å²) < 4.78 is 4.61. The molecule has 1 aromatic rings. The van der Waals surface area contributed by atoms with E-state index in [0.29, 0.717) is 10.6 Å². The van der Waals surface area contributed by atoms with Crippen LogP contribution in [0.2, 0.25) is 5.02 Å². The van der Waals surface area contributed by atoms with Crippen molar-refractivity contribution in [1.29, 1.82) is 0 Å². The van der Waals surface area contributed by atoms with Gasteiger partial charge in [-0.15, -0.1) is 0 Å². The lowest BCUT2D eigenvalue weighted by molar-refractivity contribution is -0.137. The molecule has 0 spiro atoms. The van der Waals surface area contributed by atoms with Gasteiger partial charge in [0, 0.05) is 10.6 Å². The fraction of sp³-hybridized carbons (Fsp3) is 0.273. The molecule has 0 bridgehead atoms. The van der Waals surface area contributed by atoms with E-state index in [4.69, 9.17) is 11.6 Å². The van der Waals surface area contributed by atoms with Crippen molar-refractivity contribution in [3.8, 4) is 0 Å². The Morgan fingerprint density at radius 2 is 2.07 bits per heavy atom. The maximum atomic E-state index is 11.5. The fourth-order valence-corrected chi connectivity index (χ4v) is 1.22. The van der Waals surface area contributed by atoms with Crippen molar-refractivity contribution >= 4 is 23.4 Å². The first kappa shape index (κ1) is 11.7. The van der Waals surface area contributed by atoms with Crippen molar-refractivity contribution in [3.63, 3.8) is 0 Å². The number of carbonyl (C=O) groups excluding carboxylic acids is 2. The van der Waals surface area contributed by atoms with Crippen molar-refractivity contribution in [2.45, 2.75) is 13.8 Å².